The lowest BCUT2D eigenvalue weighted by Gasteiger charge is -2.48. The molecule has 34 heavy (non-hydrogen) atoms. The molecule has 0 aliphatic carbocycles. The minimum atomic E-state index is -1.57. The molecule has 15 nitrogen and oxygen atoms in total. The van der Waals surface area contributed by atoms with Gasteiger partial charge in [-0.25, -0.2) is 4.79 Å². The van der Waals surface area contributed by atoms with Crippen LogP contribution in [0, 0.1) is 0 Å². The van der Waals surface area contributed by atoms with E-state index in [4.69, 9.17) is 31.2 Å². The van der Waals surface area contributed by atoms with Gasteiger partial charge in [-0.15, -0.1) is 0 Å². The molecule has 1 aliphatic heterocycles. The molecule has 0 bridgehead atoms. The Kier molecular flexibility index (Phi) is 10.8. The lowest BCUT2D eigenvalue weighted by Crippen LogP contribution is -2.70. The highest BCUT2D eigenvalue weighted by atomic mass is 16.6. The molecule has 15 heteroatoms. The summed E-state index contributed by atoms with van der Waals surface area (Å²) < 4.78 is 10.9. The molecule has 194 valence electrons. The first kappa shape index (κ1) is 29.2. The maximum atomic E-state index is 12.5. The van der Waals surface area contributed by atoms with Crippen molar-refractivity contribution in [2.24, 2.45) is 11.5 Å². The Labute approximate surface area is 195 Å². The Morgan fingerprint density at radius 1 is 1.15 bits per heavy atom. The molecule has 1 unspecified atom stereocenters. The molecule has 0 saturated carbocycles. The quantitative estimate of drug-likeness (QED) is 0.139. The maximum absolute atomic E-state index is 12.5. The molecule has 0 radical (unpaired) electrons. The zero-order valence-electron chi connectivity index (χ0n) is 19.0. The Bertz CT molecular complexity index is 779. The van der Waals surface area contributed by atoms with Gasteiger partial charge in [-0.2, -0.15) is 0 Å². The lowest BCUT2D eigenvalue weighted by atomic mass is 9.94. The zero-order valence-corrected chi connectivity index (χ0v) is 19.0. The van der Waals surface area contributed by atoms with E-state index in [0.29, 0.717) is 0 Å². The summed E-state index contributed by atoms with van der Waals surface area (Å²) in [4.78, 5) is 59.7. The number of aliphatic carboxylic acids is 2. The summed E-state index contributed by atoms with van der Waals surface area (Å²) in [7, 11) is 0. The van der Waals surface area contributed by atoms with Crippen LogP contribution < -0.4 is 16.8 Å². The summed E-state index contributed by atoms with van der Waals surface area (Å²) in [6.07, 6.45) is -7.98. The fourth-order valence-corrected chi connectivity index (χ4v) is 3.46. The van der Waals surface area contributed by atoms with E-state index in [0.717, 1.165) is 11.8 Å². The number of aliphatic hydroxyl groups excluding tert-OH is 2. The van der Waals surface area contributed by atoms with Gasteiger partial charge in [-0.05, 0) is 20.3 Å². The van der Waals surface area contributed by atoms with Crippen LogP contribution in [-0.4, -0.2) is 110 Å². The van der Waals surface area contributed by atoms with Crippen LogP contribution in [-0.2, 0) is 33.4 Å². The summed E-state index contributed by atoms with van der Waals surface area (Å²) >= 11 is 0. The molecule has 1 heterocycles. The van der Waals surface area contributed by atoms with Crippen LogP contribution in [0.15, 0.2) is 0 Å². The molecule has 1 rings (SSSR count). The summed E-state index contributed by atoms with van der Waals surface area (Å²) in [5.41, 5.74) is 11.6. The van der Waals surface area contributed by atoms with E-state index in [1.165, 1.54) is 13.8 Å². The molecule has 1 fully saturated rings. The predicted octanol–water partition coefficient (Wildman–Crippen LogP) is -3.68. The van der Waals surface area contributed by atoms with Crippen LogP contribution in [0.25, 0.3) is 0 Å². The molecule has 0 spiro atoms. The third-order valence-corrected chi connectivity index (χ3v) is 5.32. The summed E-state index contributed by atoms with van der Waals surface area (Å²) in [6, 6.07) is -4.03. The standard InChI is InChI=1S/C19H32N4O11/c1-7(18(29)30)22-12(26)5-4-10(16(21)28)23(9(3)25)17-13(20)15(33-8(2)19(31)32)14(27)11(6-24)34-17/h7-8,10-11,13-15,17,24,27H,4-6,20H2,1-3H3,(H2,21,28)(H,22,26)(H,29,30)(H,31,32)/t7-,8+,10+,11+,13+,14+,15+,17?/m0/s1. The third-order valence-electron chi connectivity index (χ3n) is 5.32. The van der Waals surface area contributed by atoms with Crippen molar-refractivity contribution in [1.82, 2.24) is 10.2 Å². The predicted molar refractivity (Wildman–Crippen MR) is 112 cm³/mol. The molecule has 0 aromatic carbocycles. The number of aliphatic hydroxyl groups is 2. The second-order valence-corrected chi connectivity index (χ2v) is 7.91. The minimum absolute atomic E-state index is 0.330. The van der Waals surface area contributed by atoms with E-state index in [2.05, 4.69) is 5.32 Å². The molecule has 1 saturated heterocycles. The molecular formula is C19H32N4O11. The number of carboxylic acid groups (broad SMARTS) is 2. The van der Waals surface area contributed by atoms with Crippen molar-refractivity contribution in [2.75, 3.05) is 6.61 Å². The second kappa shape index (κ2) is 12.6. The number of ether oxygens (including phenoxy) is 2. The third kappa shape index (κ3) is 7.33. The van der Waals surface area contributed by atoms with Gasteiger partial charge in [-0.3, -0.25) is 19.2 Å². The number of amides is 3. The van der Waals surface area contributed by atoms with Crippen LogP contribution in [0.4, 0.5) is 0 Å². The molecule has 0 aromatic heterocycles. The van der Waals surface area contributed by atoms with Crippen LogP contribution in [0.5, 0.6) is 0 Å². The second-order valence-electron chi connectivity index (χ2n) is 7.91. The summed E-state index contributed by atoms with van der Waals surface area (Å²) in [6.45, 7) is 2.73. The van der Waals surface area contributed by atoms with Gasteiger partial charge in [-0.1, -0.05) is 0 Å². The molecular weight excluding hydrogens is 460 g/mol. The van der Waals surface area contributed by atoms with Gasteiger partial charge >= 0.3 is 11.9 Å². The largest absolute Gasteiger partial charge is 0.480 e. The van der Waals surface area contributed by atoms with E-state index in [9.17, 15) is 34.2 Å². The highest BCUT2D eigenvalue weighted by molar-refractivity contribution is 5.87. The number of carbonyl (C=O) groups is 5. The van der Waals surface area contributed by atoms with E-state index in [-0.39, 0.29) is 12.8 Å². The maximum Gasteiger partial charge on any atom is 0.332 e. The van der Waals surface area contributed by atoms with Crippen LogP contribution >= 0.6 is 0 Å². The minimum Gasteiger partial charge on any atom is -0.480 e. The SMILES string of the molecule is CC(=O)N(C1O[C@H](CO)[C@@H](O)[C@H](O[C@H](C)C(=O)O)[C@H]1N)[C@H](CCC(=O)N[C@@H](C)C(=O)O)C(N)=O. The number of nitrogens with two attached hydrogens (primary N) is 2. The van der Waals surface area contributed by atoms with Crippen LogP contribution in [0.1, 0.15) is 33.6 Å². The number of rotatable bonds is 12. The van der Waals surface area contributed by atoms with Crippen molar-refractivity contribution < 1.29 is 53.9 Å². The average molecular weight is 492 g/mol. The average Bonchev–Trinajstić information content (AvgIpc) is 2.73. The van der Waals surface area contributed by atoms with Crippen molar-refractivity contribution in [3.05, 3.63) is 0 Å². The first-order chi connectivity index (χ1) is 15.7. The Morgan fingerprint density at radius 3 is 2.18 bits per heavy atom. The molecule has 1 aliphatic rings. The van der Waals surface area contributed by atoms with Gasteiger partial charge in [0.2, 0.25) is 17.7 Å². The number of carboxylic acids is 2. The fourth-order valence-electron chi connectivity index (χ4n) is 3.46. The highest BCUT2D eigenvalue weighted by Crippen LogP contribution is 2.28. The van der Waals surface area contributed by atoms with E-state index >= 15 is 0 Å². The Hall–Kier alpha value is -2.85. The normalized spacial score (nSPS) is 27.2. The summed E-state index contributed by atoms with van der Waals surface area (Å²) in [5, 5.41) is 40.3. The Balaban J connectivity index is 3.20. The van der Waals surface area contributed by atoms with Gasteiger partial charge in [0.25, 0.3) is 0 Å². The number of carbonyl (C=O) groups excluding carboxylic acids is 3. The van der Waals surface area contributed by atoms with Crippen molar-refractivity contribution in [1.29, 1.82) is 0 Å². The van der Waals surface area contributed by atoms with Gasteiger partial charge in [0, 0.05) is 13.3 Å². The number of hydrogen-bond acceptors (Lipinski definition) is 10. The monoisotopic (exact) mass is 492 g/mol. The van der Waals surface area contributed by atoms with E-state index in [1.54, 1.807) is 0 Å². The topological polar surface area (TPSA) is 252 Å². The van der Waals surface area contributed by atoms with Crippen molar-refractivity contribution >= 4 is 29.7 Å². The molecule has 0 aromatic rings. The van der Waals surface area contributed by atoms with Crippen LogP contribution in [0.3, 0.4) is 0 Å². The smallest absolute Gasteiger partial charge is 0.332 e. The number of hydrogen-bond donors (Lipinski definition) is 7. The summed E-state index contributed by atoms with van der Waals surface area (Å²) in [5.74, 6) is -5.15. The zero-order chi connectivity index (χ0) is 26.3. The number of nitrogens with one attached hydrogen (secondary N) is 1. The molecule has 8 atom stereocenters. The lowest BCUT2D eigenvalue weighted by molar-refractivity contribution is -0.246. The molecule has 3 amide bonds. The van der Waals surface area contributed by atoms with E-state index < -0.39 is 85.0 Å². The number of primary amides is 1. The first-order valence-corrected chi connectivity index (χ1v) is 10.4. The van der Waals surface area contributed by atoms with Gasteiger partial charge in [0.1, 0.15) is 30.4 Å². The van der Waals surface area contributed by atoms with Crippen molar-refractivity contribution in [2.45, 2.75) is 82.4 Å². The van der Waals surface area contributed by atoms with Crippen LogP contribution in [0.2, 0.25) is 0 Å². The van der Waals surface area contributed by atoms with Gasteiger partial charge < -0.3 is 51.6 Å². The van der Waals surface area contributed by atoms with Gasteiger partial charge in [0.15, 0.2) is 12.3 Å². The Morgan fingerprint density at radius 2 is 1.74 bits per heavy atom. The fraction of sp³-hybridized carbons (Fsp3) is 0.737. The number of nitrogens with zero attached hydrogens (tertiary/aromatic N) is 1. The highest BCUT2D eigenvalue weighted by Gasteiger charge is 2.49. The van der Waals surface area contributed by atoms with Crippen molar-refractivity contribution in [3.63, 3.8) is 0 Å². The van der Waals surface area contributed by atoms with Gasteiger partial charge in [0.05, 0.1) is 12.6 Å². The van der Waals surface area contributed by atoms with E-state index in [1.807, 2.05) is 0 Å². The molecule has 9 N–H and O–H groups in total. The first-order valence-electron chi connectivity index (χ1n) is 10.4. The van der Waals surface area contributed by atoms with Crippen molar-refractivity contribution in [3.8, 4) is 0 Å².